The Labute approximate surface area is 206 Å². The number of cyclic esters (lactones) is 1. The second kappa shape index (κ2) is 10.2. The van der Waals surface area contributed by atoms with Crippen molar-refractivity contribution >= 4 is 29.3 Å². The summed E-state index contributed by atoms with van der Waals surface area (Å²) in [7, 11) is 0. The molecule has 2 heterocycles. The summed E-state index contributed by atoms with van der Waals surface area (Å²) >= 11 is 0. The maximum absolute atomic E-state index is 15.4. The van der Waals surface area contributed by atoms with Crippen molar-refractivity contribution in [2.75, 3.05) is 42.5 Å². The van der Waals surface area contributed by atoms with Crippen molar-refractivity contribution in [2.45, 2.75) is 44.3 Å². The van der Waals surface area contributed by atoms with Gasteiger partial charge in [-0.15, -0.1) is 0 Å². The molecule has 2 N–H and O–H groups in total. The summed E-state index contributed by atoms with van der Waals surface area (Å²) in [5.74, 6) is -5.58. The van der Waals surface area contributed by atoms with Gasteiger partial charge >= 0.3 is 24.4 Å². The molecular formula is C21H24F7N5O4. The van der Waals surface area contributed by atoms with Gasteiger partial charge in [0.05, 0.1) is 19.6 Å². The third-order valence-electron chi connectivity index (χ3n) is 5.80. The number of carbonyl (C=O) groups excluding carboxylic acids is 3. The van der Waals surface area contributed by atoms with Crippen LogP contribution in [0.4, 0.5) is 46.9 Å². The largest absolute Gasteiger partial charge is 0.471 e. The molecule has 2 saturated heterocycles. The number of amides is 3. The van der Waals surface area contributed by atoms with E-state index in [2.05, 4.69) is 0 Å². The Morgan fingerprint density at radius 2 is 1.70 bits per heavy atom. The number of hydrogen-bond acceptors (Lipinski definition) is 6. The van der Waals surface area contributed by atoms with Crippen molar-refractivity contribution in [3.63, 3.8) is 0 Å². The average Bonchev–Trinajstić information content (AvgIpc) is 3.14. The molecule has 0 spiro atoms. The van der Waals surface area contributed by atoms with Crippen LogP contribution in [0, 0.1) is 0 Å². The van der Waals surface area contributed by atoms with Crippen molar-refractivity contribution in [3.8, 4) is 0 Å². The van der Waals surface area contributed by atoms with Gasteiger partial charge in [-0.1, -0.05) is 0 Å². The molecule has 206 valence electrons. The molecule has 3 rings (SSSR count). The maximum Gasteiger partial charge on any atom is 0.471 e. The molecule has 0 bridgehead atoms. The number of nitrogens with one attached hydrogen (secondary N) is 2. The lowest BCUT2D eigenvalue weighted by molar-refractivity contribution is -0.224. The van der Waals surface area contributed by atoms with E-state index in [1.54, 1.807) is 10.6 Å². The molecule has 16 heteroatoms. The molecule has 2 aliphatic rings. The summed E-state index contributed by atoms with van der Waals surface area (Å²) in [5, 5.41) is 3.38. The van der Waals surface area contributed by atoms with Crippen LogP contribution in [0.2, 0.25) is 0 Å². The van der Waals surface area contributed by atoms with Gasteiger partial charge in [-0.25, -0.2) is 14.1 Å². The Kier molecular flexibility index (Phi) is 7.81. The fourth-order valence-corrected chi connectivity index (χ4v) is 4.12. The first kappa shape index (κ1) is 28.3. The van der Waals surface area contributed by atoms with Gasteiger partial charge < -0.3 is 20.3 Å². The number of anilines is 2. The Hall–Kier alpha value is -3.30. The zero-order chi connectivity index (χ0) is 27.8. The highest BCUT2D eigenvalue weighted by Crippen LogP contribution is 2.34. The van der Waals surface area contributed by atoms with E-state index in [0.717, 1.165) is 18.7 Å². The molecular weight excluding hydrogens is 519 g/mol. The van der Waals surface area contributed by atoms with Gasteiger partial charge in [0.1, 0.15) is 6.10 Å². The highest BCUT2D eigenvalue weighted by atomic mass is 19.4. The zero-order valence-corrected chi connectivity index (χ0v) is 19.6. The van der Waals surface area contributed by atoms with E-state index < -0.39 is 61.4 Å². The SMILES string of the molecule is CC(=O)NC(N1CCN(c2ccc(N3CC(CNC(=O)C(F)(F)F)OC3=O)cc2)C[C@]1(C)F)C(F)(F)F. The van der Waals surface area contributed by atoms with Gasteiger partial charge in [-0.3, -0.25) is 14.5 Å². The Balaban J connectivity index is 1.64. The van der Waals surface area contributed by atoms with E-state index in [1.807, 2.05) is 0 Å². The van der Waals surface area contributed by atoms with Gasteiger partial charge in [0.25, 0.3) is 0 Å². The number of carbonyl (C=O) groups is 3. The first-order valence-corrected chi connectivity index (χ1v) is 11.0. The van der Waals surface area contributed by atoms with Crippen LogP contribution < -0.4 is 20.4 Å². The zero-order valence-electron chi connectivity index (χ0n) is 19.6. The van der Waals surface area contributed by atoms with Gasteiger partial charge in [0.2, 0.25) is 5.91 Å². The monoisotopic (exact) mass is 543 g/mol. The number of rotatable bonds is 6. The van der Waals surface area contributed by atoms with Gasteiger partial charge in [0.15, 0.2) is 12.0 Å². The Bertz CT molecular complexity index is 1020. The lowest BCUT2D eigenvalue weighted by Gasteiger charge is -2.48. The lowest BCUT2D eigenvalue weighted by atomic mass is 10.1. The van der Waals surface area contributed by atoms with Crippen LogP contribution in [0.1, 0.15) is 13.8 Å². The standard InChI is InChI=1S/C21H24F7N5O4/c1-12(34)30-16(20(23,24)25)33-8-7-31(11-19(33,2)22)13-3-5-14(6-4-13)32-10-15(37-18(32)36)9-29-17(35)21(26,27)28/h3-6,15-16H,7-11H2,1-2H3,(H,29,35)(H,30,34)/t15?,16?,19-/m1/s1. The van der Waals surface area contributed by atoms with Crippen molar-refractivity contribution in [3.05, 3.63) is 24.3 Å². The van der Waals surface area contributed by atoms with Crippen LogP contribution in [0.25, 0.3) is 0 Å². The molecule has 1 aromatic rings. The molecule has 0 saturated carbocycles. The molecule has 3 amide bonds. The highest BCUT2D eigenvalue weighted by molar-refractivity contribution is 5.90. The molecule has 2 aliphatic heterocycles. The number of alkyl halides is 7. The third kappa shape index (κ3) is 6.72. The third-order valence-corrected chi connectivity index (χ3v) is 5.80. The number of nitrogens with zero attached hydrogens (tertiary/aromatic N) is 3. The number of piperazine rings is 1. The number of hydrogen-bond donors (Lipinski definition) is 2. The molecule has 0 aromatic heterocycles. The molecule has 3 atom stereocenters. The Morgan fingerprint density at radius 1 is 1.11 bits per heavy atom. The van der Waals surface area contributed by atoms with Crippen LogP contribution in [-0.4, -0.2) is 85.9 Å². The molecule has 2 fully saturated rings. The van der Waals surface area contributed by atoms with Gasteiger partial charge in [0, 0.05) is 31.4 Å². The predicted molar refractivity (Wildman–Crippen MR) is 115 cm³/mol. The van der Waals surface area contributed by atoms with Crippen LogP contribution in [-0.2, 0) is 14.3 Å². The fourth-order valence-electron chi connectivity index (χ4n) is 4.12. The summed E-state index contributed by atoms with van der Waals surface area (Å²) in [6, 6.07) is 5.93. The second-order valence-electron chi connectivity index (χ2n) is 8.74. The number of ether oxygens (including phenoxy) is 1. The van der Waals surface area contributed by atoms with E-state index in [4.69, 9.17) is 4.74 Å². The first-order chi connectivity index (χ1) is 17.0. The molecule has 1 aromatic carbocycles. The molecule has 0 radical (unpaired) electrons. The second-order valence-corrected chi connectivity index (χ2v) is 8.74. The summed E-state index contributed by atoms with van der Waals surface area (Å²) in [4.78, 5) is 37.5. The smallest absolute Gasteiger partial charge is 0.442 e. The average molecular weight is 543 g/mol. The van der Waals surface area contributed by atoms with Crippen molar-refractivity contribution in [1.29, 1.82) is 0 Å². The predicted octanol–water partition coefficient (Wildman–Crippen LogP) is 2.52. The molecule has 0 aliphatic carbocycles. The number of halogens is 7. The lowest BCUT2D eigenvalue weighted by Crippen LogP contribution is -2.68. The van der Waals surface area contributed by atoms with Gasteiger partial charge in [-0.05, 0) is 31.2 Å². The molecule has 37 heavy (non-hydrogen) atoms. The van der Waals surface area contributed by atoms with Gasteiger partial charge in [-0.2, -0.15) is 26.3 Å². The fraction of sp³-hybridized carbons (Fsp3) is 0.571. The van der Waals surface area contributed by atoms with E-state index in [1.165, 1.54) is 29.2 Å². The minimum absolute atomic E-state index is 0.00223. The minimum atomic E-state index is -5.07. The van der Waals surface area contributed by atoms with E-state index >= 15 is 4.39 Å². The quantitative estimate of drug-likeness (QED) is 0.423. The minimum Gasteiger partial charge on any atom is -0.442 e. The summed E-state index contributed by atoms with van der Waals surface area (Å²) in [5.41, 5.74) is 0.750. The maximum atomic E-state index is 15.4. The van der Waals surface area contributed by atoms with Crippen LogP contribution >= 0.6 is 0 Å². The van der Waals surface area contributed by atoms with Crippen molar-refractivity contribution < 1.29 is 49.9 Å². The summed E-state index contributed by atoms with van der Waals surface area (Å²) in [6.45, 7) is 0.385. The summed E-state index contributed by atoms with van der Waals surface area (Å²) in [6.07, 6.45) is -14.3. The van der Waals surface area contributed by atoms with Crippen molar-refractivity contribution in [2.24, 2.45) is 0 Å². The van der Waals surface area contributed by atoms with E-state index in [9.17, 15) is 40.7 Å². The van der Waals surface area contributed by atoms with E-state index in [0.29, 0.717) is 16.3 Å². The van der Waals surface area contributed by atoms with E-state index in [-0.39, 0.29) is 19.6 Å². The van der Waals surface area contributed by atoms with Crippen LogP contribution in [0.15, 0.2) is 24.3 Å². The van der Waals surface area contributed by atoms with Crippen LogP contribution in [0.5, 0.6) is 0 Å². The summed E-state index contributed by atoms with van der Waals surface area (Å²) < 4.78 is 97.7. The first-order valence-electron chi connectivity index (χ1n) is 11.0. The number of benzene rings is 1. The molecule has 9 nitrogen and oxygen atoms in total. The normalized spacial score (nSPS) is 24.0. The Morgan fingerprint density at radius 3 is 2.22 bits per heavy atom. The van der Waals surface area contributed by atoms with Crippen LogP contribution in [0.3, 0.4) is 0 Å². The molecule has 2 unspecified atom stereocenters. The van der Waals surface area contributed by atoms with Crippen molar-refractivity contribution in [1.82, 2.24) is 15.5 Å². The topological polar surface area (TPSA) is 94.2 Å². The highest BCUT2D eigenvalue weighted by Gasteiger charge is 2.52.